The molecule has 0 aliphatic rings. The van der Waals surface area contributed by atoms with Crippen LogP contribution in [0.1, 0.15) is 49.9 Å². The molecule has 0 spiro atoms. The van der Waals surface area contributed by atoms with E-state index in [1.807, 2.05) is 43.7 Å². The summed E-state index contributed by atoms with van der Waals surface area (Å²) in [6.45, 7) is 9.79. The van der Waals surface area contributed by atoms with Gasteiger partial charge in [-0.05, 0) is 35.4 Å². The first-order valence-electron chi connectivity index (χ1n) is 7.84. The predicted molar refractivity (Wildman–Crippen MR) is 92.0 cm³/mol. The summed E-state index contributed by atoms with van der Waals surface area (Å²) in [5.41, 5.74) is 0.500. The third kappa shape index (κ3) is 3.20. The topological polar surface area (TPSA) is 108 Å². The van der Waals surface area contributed by atoms with Crippen LogP contribution in [0.3, 0.4) is 0 Å². The van der Waals surface area contributed by atoms with Gasteiger partial charge in [0.05, 0.1) is 6.54 Å². The van der Waals surface area contributed by atoms with E-state index in [1.165, 1.54) is 0 Å². The van der Waals surface area contributed by atoms with Crippen LogP contribution in [0, 0.1) is 6.92 Å². The van der Waals surface area contributed by atoms with Crippen LogP contribution in [0.5, 0.6) is 5.75 Å². The number of hydrogen-bond acceptors (Lipinski definition) is 4. The summed E-state index contributed by atoms with van der Waals surface area (Å²) in [6, 6.07) is 1.91. The number of H-pyrrole nitrogens is 2. The van der Waals surface area contributed by atoms with Gasteiger partial charge in [0.15, 0.2) is 0 Å². The molecule has 130 valence electrons. The maximum absolute atomic E-state index is 11.9. The van der Waals surface area contributed by atoms with E-state index in [4.69, 9.17) is 0 Å². The Morgan fingerprint density at radius 1 is 1.08 bits per heavy atom. The van der Waals surface area contributed by atoms with E-state index in [9.17, 15) is 19.5 Å². The summed E-state index contributed by atoms with van der Waals surface area (Å²) in [5, 5.41) is 10.7. The molecule has 0 fully saturated rings. The van der Waals surface area contributed by atoms with E-state index < -0.39 is 17.1 Å². The van der Waals surface area contributed by atoms with E-state index >= 15 is 0 Å². The van der Waals surface area contributed by atoms with Crippen molar-refractivity contribution in [3.63, 3.8) is 0 Å². The van der Waals surface area contributed by atoms with Crippen LogP contribution >= 0.6 is 0 Å². The lowest BCUT2D eigenvalue weighted by Gasteiger charge is -2.26. The maximum Gasteiger partial charge on any atom is 0.333 e. The SMILES string of the molecule is CCc1cc(Cn2c(=O)[nH]c(=O)[nH]c2=O)c(C)c(O)c1C(C)(C)C. The molecular formula is C17H23N3O4. The first-order chi connectivity index (χ1) is 11.1. The molecule has 0 unspecified atom stereocenters. The van der Waals surface area contributed by atoms with E-state index in [0.717, 1.165) is 15.7 Å². The van der Waals surface area contributed by atoms with Gasteiger partial charge in [-0.1, -0.05) is 33.8 Å². The second kappa shape index (κ2) is 6.14. The highest BCUT2D eigenvalue weighted by Crippen LogP contribution is 2.38. The van der Waals surface area contributed by atoms with Gasteiger partial charge in [-0.25, -0.2) is 19.0 Å². The van der Waals surface area contributed by atoms with E-state index in [-0.39, 0.29) is 17.7 Å². The van der Waals surface area contributed by atoms with Crippen molar-refractivity contribution in [3.05, 3.63) is 59.8 Å². The van der Waals surface area contributed by atoms with Crippen molar-refractivity contribution < 1.29 is 5.11 Å². The molecule has 24 heavy (non-hydrogen) atoms. The van der Waals surface area contributed by atoms with Crippen LogP contribution < -0.4 is 17.1 Å². The minimum absolute atomic E-state index is 0.0260. The summed E-state index contributed by atoms with van der Waals surface area (Å²) in [5.74, 6) is 0.186. The minimum Gasteiger partial charge on any atom is -0.507 e. The van der Waals surface area contributed by atoms with Crippen molar-refractivity contribution in [1.82, 2.24) is 14.5 Å². The van der Waals surface area contributed by atoms with Crippen LogP contribution in [0.25, 0.3) is 0 Å². The van der Waals surface area contributed by atoms with Gasteiger partial charge in [0.2, 0.25) is 0 Å². The zero-order chi connectivity index (χ0) is 18.2. The minimum atomic E-state index is -0.835. The molecule has 0 bridgehead atoms. The molecule has 1 aromatic heterocycles. The van der Waals surface area contributed by atoms with Gasteiger partial charge in [0.25, 0.3) is 0 Å². The van der Waals surface area contributed by atoms with Crippen molar-refractivity contribution in [1.29, 1.82) is 0 Å². The van der Waals surface area contributed by atoms with Crippen molar-refractivity contribution in [3.8, 4) is 5.75 Å². The fraction of sp³-hybridized carbons (Fsp3) is 0.471. The van der Waals surface area contributed by atoms with Crippen LogP contribution in [0.4, 0.5) is 0 Å². The summed E-state index contributed by atoms with van der Waals surface area (Å²) < 4.78 is 0.902. The van der Waals surface area contributed by atoms with Gasteiger partial charge in [-0.3, -0.25) is 9.97 Å². The van der Waals surface area contributed by atoms with Crippen LogP contribution in [0.15, 0.2) is 20.4 Å². The van der Waals surface area contributed by atoms with Crippen LogP contribution in [0.2, 0.25) is 0 Å². The van der Waals surface area contributed by atoms with Gasteiger partial charge in [-0.15, -0.1) is 0 Å². The van der Waals surface area contributed by atoms with E-state index in [2.05, 4.69) is 0 Å². The first-order valence-corrected chi connectivity index (χ1v) is 7.84. The molecule has 2 rings (SSSR count). The molecule has 0 aliphatic carbocycles. The second-order valence-electron chi connectivity index (χ2n) is 6.92. The Hall–Kier alpha value is -2.57. The number of aryl methyl sites for hydroxylation is 1. The molecule has 3 N–H and O–H groups in total. The lowest BCUT2D eigenvalue weighted by molar-refractivity contribution is 0.439. The molecule has 0 amide bonds. The quantitative estimate of drug-likeness (QED) is 0.783. The molecule has 0 saturated heterocycles. The Morgan fingerprint density at radius 3 is 2.08 bits per heavy atom. The largest absolute Gasteiger partial charge is 0.507 e. The number of aromatic amines is 2. The third-order valence-corrected chi connectivity index (χ3v) is 4.13. The monoisotopic (exact) mass is 333 g/mol. The highest BCUT2D eigenvalue weighted by molar-refractivity contribution is 5.52. The van der Waals surface area contributed by atoms with Crippen molar-refractivity contribution in [2.24, 2.45) is 0 Å². The number of nitrogens with one attached hydrogen (secondary N) is 2. The van der Waals surface area contributed by atoms with Gasteiger partial charge in [0.1, 0.15) is 5.75 Å². The molecule has 0 saturated carbocycles. The van der Waals surface area contributed by atoms with Gasteiger partial charge in [-0.2, -0.15) is 0 Å². The number of benzene rings is 1. The van der Waals surface area contributed by atoms with Crippen LogP contribution in [-0.4, -0.2) is 19.6 Å². The molecule has 1 heterocycles. The molecule has 0 aliphatic heterocycles. The summed E-state index contributed by atoms with van der Waals surface area (Å²) in [7, 11) is 0. The third-order valence-electron chi connectivity index (χ3n) is 4.13. The fourth-order valence-corrected chi connectivity index (χ4v) is 2.93. The van der Waals surface area contributed by atoms with E-state index in [0.29, 0.717) is 17.5 Å². The lowest BCUT2D eigenvalue weighted by Crippen LogP contribution is -2.43. The van der Waals surface area contributed by atoms with Crippen molar-refractivity contribution >= 4 is 0 Å². The molecule has 0 atom stereocenters. The van der Waals surface area contributed by atoms with Crippen LogP contribution in [-0.2, 0) is 18.4 Å². The highest BCUT2D eigenvalue weighted by Gasteiger charge is 2.24. The zero-order valence-electron chi connectivity index (χ0n) is 14.6. The molecule has 7 heteroatoms. The molecule has 0 radical (unpaired) electrons. The maximum atomic E-state index is 11.9. The number of aromatic nitrogens is 3. The highest BCUT2D eigenvalue weighted by atomic mass is 16.3. The molecule has 2 aromatic rings. The number of phenols is 1. The Balaban J connectivity index is 2.66. The Labute approximate surface area is 139 Å². The predicted octanol–water partition coefficient (Wildman–Crippen LogP) is 1.15. The van der Waals surface area contributed by atoms with Crippen molar-refractivity contribution in [2.45, 2.75) is 53.0 Å². The summed E-state index contributed by atoms with van der Waals surface area (Å²) in [4.78, 5) is 38.9. The Morgan fingerprint density at radius 2 is 1.62 bits per heavy atom. The number of nitrogens with zero attached hydrogens (tertiary/aromatic N) is 1. The zero-order valence-corrected chi connectivity index (χ0v) is 14.6. The molecule has 1 aromatic carbocycles. The normalized spacial score (nSPS) is 11.7. The number of rotatable bonds is 3. The standard InChI is InChI=1S/C17H23N3O4/c1-6-10-7-11(9(2)13(21)12(10)17(3,4)5)8-20-15(23)18-14(22)19-16(20)24/h7,21H,6,8H2,1-5H3,(H2,18,19,22,23,24). The van der Waals surface area contributed by atoms with E-state index in [1.54, 1.807) is 6.92 Å². The summed E-state index contributed by atoms with van der Waals surface area (Å²) in [6.07, 6.45) is 0.713. The average Bonchev–Trinajstić information content (AvgIpc) is 2.45. The van der Waals surface area contributed by atoms with Gasteiger partial charge in [0, 0.05) is 5.56 Å². The smallest absolute Gasteiger partial charge is 0.333 e. The van der Waals surface area contributed by atoms with Gasteiger partial charge >= 0.3 is 17.1 Å². The van der Waals surface area contributed by atoms with Gasteiger partial charge < -0.3 is 5.11 Å². The number of phenolic OH excluding ortho intramolecular Hbond substituents is 1. The average molecular weight is 333 g/mol. The summed E-state index contributed by atoms with van der Waals surface area (Å²) >= 11 is 0. The lowest BCUT2D eigenvalue weighted by atomic mass is 9.80. The Bertz CT molecular complexity index is 908. The first kappa shape index (κ1) is 17.8. The fourth-order valence-electron chi connectivity index (χ4n) is 2.93. The molecule has 7 nitrogen and oxygen atoms in total. The Kier molecular flexibility index (Phi) is 4.55. The number of aromatic hydroxyl groups is 1. The van der Waals surface area contributed by atoms with Crippen molar-refractivity contribution in [2.75, 3.05) is 0 Å². The molecular weight excluding hydrogens is 310 g/mol. The number of hydrogen-bond donors (Lipinski definition) is 3. The second-order valence-corrected chi connectivity index (χ2v) is 6.92.